The molecule has 0 aliphatic rings. The summed E-state index contributed by atoms with van der Waals surface area (Å²) in [6.45, 7) is 3.02. The van der Waals surface area contributed by atoms with Crippen LogP contribution in [0.4, 0.5) is 0 Å². The molecule has 0 bridgehead atoms. The Kier molecular flexibility index (Phi) is 4.81. The number of hydrogen-bond donors (Lipinski definition) is 2. The van der Waals surface area contributed by atoms with Gasteiger partial charge in [0.25, 0.3) is 0 Å². The van der Waals surface area contributed by atoms with Gasteiger partial charge in [0.15, 0.2) is 0 Å². The average molecular weight is 213 g/mol. The first-order chi connectivity index (χ1) is 7.11. The third kappa shape index (κ3) is 4.46. The minimum atomic E-state index is -0.659. The summed E-state index contributed by atoms with van der Waals surface area (Å²) in [6, 6.07) is 3.91. The van der Waals surface area contributed by atoms with E-state index in [2.05, 4.69) is 0 Å². The van der Waals surface area contributed by atoms with Crippen LogP contribution < -0.4 is 0 Å². The molecule has 1 rings (SSSR count). The van der Waals surface area contributed by atoms with Crippen LogP contribution in [0.25, 0.3) is 0 Å². The molecule has 0 radical (unpaired) electrons. The molecule has 4 heteroatoms. The molecule has 0 fully saturated rings. The monoisotopic (exact) mass is 213 g/mol. The molecule has 2 N–H and O–H groups in total. The van der Waals surface area contributed by atoms with Gasteiger partial charge in [-0.1, -0.05) is 0 Å². The van der Waals surface area contributed by atoms with Gasteiger partial charge in [0.05, 0.1) is 12.7 Å². The predicted molar refractivity (Wildman–Crippen MR) is 57.7 cm³/mol. The summed E-state index contributed by atoms with van der Waals surface area (Å²) in [7, 11) is 1.91. The second-order valence-corrected chi connectivity index (χ2v) is 3.86. The molecule has 4 nitrogen and oxygen atoms in total. The van der Waals surface area contributed by atoms with Crippen molar-refractivity contribution in [2.24, 2.45) is 0 Å². The van der Waals surface area contributed by atoms with Gasteiger partial charge in [-0.15, -0.1) is 0 Å². The van der Waals surface area contributed by atoms with Crippen molar-refractivity contribution in [2.45, 2.75) is 19.4 Å². The van der Waals surface area contributed by atoms with E-state index in [0.29, 0.717) is 6.54 Å². The van der Waals surface area contributed by atoms with E-state index in [1.54, 1.807) is 0 Å². The van der Waals surface area contributed by atoms with Crippen LogP contribution in [-0.4, -0.2) is 48.0 Å². The number of aryl methyl sites for hydroxylation is 1. The van der Waals surface area contributed by atoms with E-state index >= 15 is 0 Å². The largest absolute Gasteiger partial charge is 0.466 e. The molecule has 1 unspecified atom stereocenters. The van der Waals surface area contributed by atoms with Crippen LogP contribution in [0.1, 0.15) is 11.5 Å². The van der Waals surface area contributed by atoms with Crippen molar-refractivity contribution in [3.05, 3.63) is 23.7 Å². The first-order valence-electron chi connectivity index (χ1n) is 5.14. The highest BCUT2D eigenvalue weighted by molar-refractivity contribution is 5.05. The summed E-state index contributed by atoms with van der Waals surface area (Å²) in [5, 5.41) is 17.9. The maximum Gasteiger partial charge on any atom is 0.105 e. The second kappa shape index (κ2) is 5.90. The molecule has 0 saturated carbocycles. The Morgan fingerprint density at radius 2 is 2.20 bits per heavy atom. The van der Waals surface area contributed by atoms with E-state index in [4.69, 9.17) is 9.52 Å². The van der Waals surface area contributed by atoms with E-state index in [1.807, 2.05) is 31.0 Å². The fourth-order valence-electron chi connectivity index (χ4n) is 1.43. The van der Waals surface area contributed by atoms with Crippen molar-refractivity contribution in [1.82, 2.24) is 4.90 Å². The van der Waals surface area contributed by atoms with Gasteiger partial charge < -0.3 is 19.5 Å². The van der Waals surface area contributed by atoms with Crippen LogP contribution in [0, 0.1) is 6.92 Å². The fourth-order valence-corrected chi connectivity index (χ4v) is 1.43. The number of nitrogens with zero attached hydrogens (tertiary/aromatic N) is 1. The molecule has 0 aromatic carbocycles. The lowest BCUT2D eigenvalue weighted by atomic mass is 10.3. The van der Waals surface area contributed by atoms with Gasteiger partial charge in [-0.2, -0.15) is 0 Å². The Balaban J connectivity index is 2.25. The molecule has 86 valence electrons. The molecule has 0 amide bonds. The van der Waals surface area contributed by atoms with E-state index < -0.39 is 6.10 Å². The van der Waals surface area contributed by atoms with E-state index in [9.17, 15) is 5.11 Å². The molecule has 1 aromatic heterocycles. The number of aliphatic hydroxyl groups is 2. The molecular weight excluding hydrogens is 194 g/mol. The maximum absolute atomic E-state index is 9.21. The summed E-state index contributed by atoms with van der Waals surface area (Å²) in [4.78, 5) is 1.97. The second-order valence-electron chi connectivity index (χ2n) is 3.86. The quantitative estimate of drug-likeness (QED) is 0.719. The maximum atomic E-state index is 9.21. The highest BCUT2D eigenvalue weighted by atomic mass is 16.3. The topological polar surface area (TPSA) is 56.8 Å². The molecule has 1 atom stereocenters. The van der Waals surface area contributed by atoms with Gasteiger partial charge in [-0.3, -0.25) is 0 Å². The van der Waals surface area contributed by atoms with Crippen LogP contribution in [-0.2, 0) is 6.42 Å². The van der Waals surface area contributed by atoms with Gasteiger partial charge in [0, 0.05) is 19.5 Å². The van der Waals surface area contributed by atoms with Crippen LogP contribution in [0.15, 0.2) is 16.5 Å². The molecule has 1 heterocycles. The highest BCUT2D eigenvalue weighted by Crippen LogP contribution is 2.07. The predicted octanol–water partition coefficient (Wildman–Crippen LogP) is 0.416. The lowest BCUT2D eigenvalue weighted by molar-refractivity contribution is 0.0666. The standard InChI is InChI=1S/C11H19NO3/c1-9-3-4-11(15-9)5-6-12(2)7-10(14)8-13/h3-4,10,13-14H,5-8H2,1-2H3. The molecule has 15 heavy (non-hydrogen) atoms. The minimum absolute atomic E-state index is 0.190. The highest BCUT2D eigenvalue weighted by Gasteiger charge is 2.07. The zero-order valence-electron chi connectivity index (χ0n) is 9.31. The van der Waals surface area contributed by atoms with Crippen molar-refractivity contribution in [3.8, 4) is 0 Å². The molecule has 1 aromatic rings. The Morgan fingerprint density at radius 1 is 1.47 bits per heavy atom. The number of furan rings is 1. The summed E-state index contributed by atoms with van der Waals surface area (Å²) in [5.41, 5.74) is 0. The van der Waals surface area contributed by atoms with E-state index in [-0.39, 0.29) is 6.61 Å². The summed E-state index contributed by atoms with van der Waals surface area (Å²) in [6.07, 6.45) is 0.163. The van der Waals surface area contributed by atoms with Crippen LogP contribution in [0.5, 0.6) is 0 Å². The lowest BCUT2D eigenvalue weighted by Gasteiger charge is -2.18. The third-order valence-electron chi connectivity index (χ3n) is 2.27. The average Bonchev–Trinajstić information content (AvgIpc) is 2.61. The summed E-state index contributed by atoms with van der Waals surface area (Å²) >= 11 is 0. The molecule has 0 saturated heterocycles. The summed E-state index contributed by atoms with van der Waals surface area (Å²) < 4.78 is 5.43. The lowest BCUT2D eigenvalue weighted by Crippen LogP contribution is -2.32. The normalized spacial score (nSPS) is 13.4. The number of hydrogen-bond acceptors (Lipinski definition) is 4. The van der Waals surface area contributed by atoms with E-state index in [0.717, 1.165) is 24.5 Å². The number of rotatable bonds is 6. The van der Waals surface area contributed by atoms with Crippen LogP contribution in [0.3, 0.4) is 0 Å². The van der Waals surface area contributed by atoms with Gasteiger partial charge in [0.1, 0.15) is 11.5 Å². The third-order valence-corrected chi connectivity index (χ3v) is 2.27. The molecular formula is C11H19NO3. The SMILES string of the molecule is Cc1ccc(CCN(C)CC(O)CO)o1. The molecule has 0 aliphatic carbocycles. The van der Waals surface area contributed by atoms with Crippen molar-refractivity contribution >= 4 is 0 Å². The first kappa shape index (κ1) is 12.2. The minimum Gasteiger partial charge on any atom is -0.466 e. The Morgan fingerprint density at radius 3 is 2.73 bits per heavy atom. The molecule has 0 spiro atoms. The smallest absolute Gasteiger partial charge is 0.105 e. The van der Waals surface area contributed by atoms with Gasteiger partial charge in [-0.05, 0) is 26.1 Å². The van der Waals surface area contributed by atoms with E-state index in [1.165, 1.54) is 0 Å². The Bertz CT molecular complexity index is 285. The van der Waals surface area contributed by atoms with Gasteiger partial charge in [0.2, 0.25) is 0 Å². The first-order valence-corrected chi connectivity index (χ1v) is 5.14. The van der Waals surface area contributed by atoms with Crippen molar-refractivity contribution in [2.75, 3.05) is 26.7 Å². The Hall–Kier alpha value is -0.840. The van der Waals surface area contributed by atoms with Crippen LogP contribution in [0.2, 0.25) is 0 Å². The van der Waals surface area contributed by atoms with Gasteiger partial charge >= 0.3 is 0 Å². The zero-order valence-corrected chi connectivity index (χ0v) is 9.31. The zero-order chi connectivity index (χ0) is 11.3. The van der Waals surface area contributed by atoms with Crippen LogP contribution >= 0.6 is 0 Å². The fraction of sp³-hybridized carbons (Fsp3) is 0.636. The molecule has 0 aliphatic heterocycles. The van der Waals surface area contributed by atoms with Crippen molar-refractivity contribution in [1.29, 1.82) is 0 Å². The number of aliphatic hydroxyl groups excluding tert-OH is 2. The summed E-state index contributed by atoms with van der Waals surface area (Å²) in [5.74, 6) is 1.88. The Labute approximate surface area is 90.1 Å². The van der Waals surface area contributed by atoms with Crippen molar-refractivity contribution < 1.29 is 14.6 Å². The van der Waals surface area contributed by atoms with Gasteiger partial charge in [-0.25, -0.2) is 0 Å². The number of likely N-dealkylation sites (N-methyl/N-ethyl adjacent to an activating group) is 1. The van der Waals surface area contributed by atoms with Crippen molar-refractivity contribution in [3.63, 3.8) is 0 Å².